The number of nitrogens with one attached hydrogen (secondary N) is 1. The molecule has 0 saturated carbocycles. The summed E-state index contributed by atoms with van der Waals surface area (Å²) in [5.41, 5.74) is 0.532. The van der Waals surface area contributed by atoms with Gasteiger partial charge in [-0.25, -0.2) is 0 Å². The number of amides is 1. The van der Waals surface area contributed by atoms with E-state index in [0.29, 0.717) is 16.6 Å². The van der Waals surface area contributed by atoms with E-state index in [1.54, 1.807) is 24.3 Å². The minimum atomic E-state index is -0.163. The van der Waals surface area contributed by atoms with Crippen molar-refractivity contribution in [1.82, 2.24) is 10.2 Å². The molecule has 1 aromatic rings. The Morgan fingerprint density at radius 3 is 2.61 bits per heavy atom. The summed E-state index contributed by atoms with van der Waals surface area (Å²) in [6, 6.07) is 7.41. The Balaban J connectivity index is 2.23. The second-order valence-electron chi connectivity index (χ2n) is 5.52. The van der Waals surface area contributed by atoms with Gasteiger partial charge in [0.25, 0.3) is 5.91 Å². The van der Waals surface area contributed by atoms with E-state index in [1.807, 2.05) is 4.90 Å². The third-order valence-corrected chi connectivity index (χ3v) is 3.66. The van der Waals surface area contributed by atoms with Crippen LogP contribution < -0.4 is 5.32 Å². The molecule has 1 unspecified atom stereocenters. The van der Waals surface area contributed by atoms with Gasteiger partial charge in [0.1, 0.15) is 0 Å². The van der Waals surface area contributed by atoms with Crippen molar-refractivity contribution in [3.05, 3.63) is 34.9 Å². The molecule has 1 fully saturated rings. The Hall–Kier alpha value is -1.06. The lowest BCUT2D eigenvalue weighted by Crippen LogP contribution is -2.62. The SMILES string of the molecule is CC1CN(C(=O)c2ccc(Cl)cc2)C(C)(C)CN1. The fourth-order valence-corrected chi connectivity index (χ4v) is 2.34. The number of nitrogens with zero attached hydrogens (tertiary/aromatic N) is 1. The number of benzene rings is 1. The fourth-order valence-electron chi connectivity index (χ4n) is 2.21. The van der Waals surface area contributed by atoms with Gasteiger partial charge in [-0.3, -0.25) is 4.79 Å². The summed E-state index contributed by atoms with van der Waals surface area (Å²) < 4.78 is 0. The minimum absolute atomic E-state index is 0.0741. The number of rotatable bonds is 1. The number of hydrogen-bond acceptors (Lipinski definition) is 2. The zero-order valence-electron chi connectivity index (χ0n) is 11.0. The molecule has 1 aliphatic heterocycles. The highest BCUT2D eigenvalue weighted by Gasteiger charge is 2.35. The third kappa shape index (κ3) is 2.68. The molecule has 0 spiro atoms. The van der Waals surface area contributed by atoms with Crippen LogP contribution in [0.3, 0.4) is 0 Å². The molecule has 1 amide bonds. The van der Waals surface area contributed by atoms with Crippen molar-refractivity contribution in [2.45, 2.75) is 32.4 Å². The average molecular weight is 267 g/mol. The Kier molecular flexibility index (Phi) is 3.64. The summed E-state index contributed by atoms with van der Waals surface area (Å²) in [6.45, 7) is 7.80. The second kappa shape index (κ2) is 4.90. The topological polar surface area (TPSA) is 32.3 Å². The lowest BCUT2D eigenvalue weighted by Gasteiger charge is -2.45. The zero-order chi connectivity index (χ0) is 13.3. The van der Waals surface area contributed by atoms with Crippen LogP contribution in [0.25, 0.3) is 0 Å². The van der Waals surface area contributed by atoms with Crippen LogP contribution in [0.1, 0.15) is 31.1 Å². The molecular weight excluding hydrogens is 248 g/mol. The Bertz CT molecular complexity index is 442. The summed E-state index contributed by atoms with van der Waals surface area (Å²) >= 11 is 5.85. The van der Waals surface area contributed by atoms with Crippen LogP contribution in [0, 0.1) is 0 Å². The van der Waals surface area contributed by atoms with Crippen molar-refractivity contribution in [3.63, 3.8) is 0 Å². The normalized spacial score (nSPS) is 22.9. The third-order valence-electron chi connectivity index (χ3n) is 3.41. The summed E-state index contributed by atoms with van der Waals surface area (Å²) in [6.07, 6.45) is 0. The van der Waals surface area contributed by atoms with Gasteiger partial charge < -0.3 is 10.2 Å². The Morgan fingerprint density at radius 2 is 2.00 bits per heavy atom. The zero-order valence-corrected chi connectivity index (χ0v) is 11.8. The molecule has 1 N–H and O–H groups in total. The fraction of sp³-hybridized carbons (Fsp3) is 0.500. The summed E-state index contributed by atoms with van der Waals surface area (Å²) in [4.78, 5) is 14.5. The molecule has 1 aromatic carbocycles. The lowest BCUT2D eigenvalue weighted by molar-refractivity contribution is 0.0411. The molecule has 18 heavy (non-hydrogen) atoms. The maximum Gasteiger partial charge on any atom is 0.254 e. The van der Waals surface area contributed by atoms with Crippen LogP contribution in [-0.4, -0.2) is 35.5 Å². The summed E-state index contributed by atoms with van der Waals surface area (Å²) in [5, 5.41) is 4.05. The molecule has 0 radical (unpaired) electrons. The summed E-state index contributed by atoms with van der Waals surface area (Å²) in [7, 11) is 0. The van der Waals surface area contributed by atoms with Gasteiger partial charge in [0.2, 0.25) is 0 Å². The molecule has 0 aliphatic carbocycles. The molecule has 0 bridgehead atoms. The van der Waals surface area contributed by atoms with Gasteiger partial charge in [-0.05, 0) is 45.0 Å². The van der Waals surface area contributed by atoms with E-state index >= 15 is 0 Å². The first-order valence-electron chi connectivity index (χ1n) is 6.21. The molecule has 0 aromatic heterocycles. The Labute approximate surface area is 113 Å². The molecule has 3 nitrogen and oxygen atoms in total. The van der Waals surface area contributed by atoms with Crippen molar-refractivity contribution in [1.29, 1.82) is 0 Å². The molecule has 1 heterocycles. The van der Waals surface area contributed by atoms with E-state index in [-0.39, 0.29) is 11.4 Å². The highest BCUT2D eigenvalue weighted by molar-refractivity contribution is 6.30. The number of halogens is 1. The minimum Gasteiger partial charge on any atom is -0.331 e. The van der Waals surface area contributed by atoms with Gasteiger partial charge in [0.15, 0.2) is 0 Å². The first-order chi connectivity index (χ1) is 8.40. The van der Waals surface area contributed by atoms with Crippen molar-refractivity contribution < 1.29 is 4.79 Å². The van der Waals surface area contributed by atoms with Crippen LogP contribution in [-0.2, 0) is 0 Å². The van der Waals surface area contributed by atoms with Crippen LogP contribution in [0.2, 0.25) is 5.02 Å². The standard InChI is InChI=1S/C14H19ClN2O/c1-10-8-17(14(2,3)9-16-10)13(18)11-4-6-12(15)7-5-11/h4-7,10,16H,8-9H2,1-3H3. The smallest absolute Gasteiger partial charge is 0.254 e. The number of carbonyl (C=O) groups is 1. The van der Waals surface area contributed by atoms with E-state index in [2.05, 4.69) is 26.1 Å². The van der Waals surface area contributed by atoms with Crippen LogP contribution in [0.5, 0.6) is 0 Å². The molecule has 2 rings (SSSR count). The molecule has 1 atom stereocenters. The van der Waals surface area contributed by atoms with E-state index in [1.165, 1.54) is 0 Å². The highest BCUT2D eigenvalue weighted by Crippen LogP contribution is 2.22. The van der Waals surface area contributed by atoms with Crippen molar-refractivity contribution >= 4 is 17.5 Å². The van der Waals surface area contributed by atoms with Gasteiger partial charge in [-0.1, -0.05) is 11.6 Å². The van der Waals surface area contributed by atoms with E-state index in [4.69, 9.17) is 11.6 Å². The van der Waals surface area contributed by atoms with Crippen LogP contribution in [0.4, 0.5) is 0 Å². The van der Waals surface area contributed by atoms with Gasteiger partial charge in [-0.15, -0.1) is 0 Å². The second-order valence-corrected chi connectivity index (χ2v) is 5.95. The first-order valence-corrected chi connectivity index (χ1v) is 6.59. The van der Waals surface area contributed by atoms with E-state index in [0.717, 1.165) is 13.1 Å². The predicted octanol–water partition coefficient (Wildman–Crippen LogP) is 2.55. The monoisotopic (exact) mass is 266 g/mol. The summed E-state index contributed by atoms with van der Waals surface area (Å²) in [5.74, 6) is 0.0741. The van der Waals surface area contributed by atoms with Crippen molar-refractivity contribution in [2.24, 2.45) is 0 Å². The van der Waals surface area contributed by atoms with Gasteiger partial charge in [0, 0.05) is 29.7 Å². The maximum atomic E-state index is 12.5. The Morgan fingerprint density at radius 1 is 1.39 bits per heavy atom. The molecular formula is C14H19ClN2O. The van der Waals surface area contributed by atoms with Gasteiger partial charge >= 0.3 is 0 Å². The number of piperazine rings is 1. The number of hydrogen-bond donors (Lipinski definition) is 1. The van der Waals surface area contributed by atoms with Gasteiger partial charge in [0.05, 0.1) is 5.54 Å². The highest BCUT2D eigenvalue weighted by atomic mass is 35.5. The van der Waals surface area contributed by atoms with Gasteiger partial charge in [-0.2, -0.15) is 0 Å². The maximum absolute atomic E-state index is 12.5. The van der Waals surface area contributed by atoms with E-state index < -0.39 is 0 Å². The largest absolute Gasteiger partial charge is 0.331 e. The average Bonchev–Trinajstić information content (AvgIpc) is 2.32. The molecule has 1 aliphatic rings. The number of carbonyl (C=O) groups excluding carboxylic acids is 1. The molecule has 4 heteroatoms. The molecule has 1 saturated heterocycles. The predicted molar refractivity (Wildman–Crippen MR) is 74.0 cm³/mol. The molecule has 98 valence electrons. The van der Waals surface area contributed by atoms with E-state index in [9.17, 15) is 4.79 Å². The van der Waals surface area contributed by atoms with Crippen LogP contribution >= 0.6 is 11.6 Å². The quantitative estimate of drug-likeness (QED) is 0.847. The van der Waals surface area contributed by atoms with Crippen molar-refractivity contribution in [2.75, 3.05) is 13.1 Å². The van der Waals surface area contributed by atoms with Crippen molar-refractivity contribution in [3.8, 4) is 0 Å². The first kappa shape index (κ1) is 13.4. The lowest BCUT2D eigenvalue weighted by atomic mass is 9.96. The van der Waals surface area contributed by atoms with Crippen LogP contribution in [0.15, 0.2) is 24.3 Å².